The van der Waals surface area contributed by atoms with E-state index < -0.39 is 54.8 Å². The van der Waals surface area contributed by atoms with Gasteiger partial charge >= 0.3 is 17.9 Å². The molecule has 2 saturated heterocycles. The van der Waals surface area contributed by atoms with E-state index >= 15 is 0 Å². The van der Waals surface area contributed by atoms with Crippen molar-refractivity contribution in [2.75, 3.05) is 27.9 Å². The van der Waals surface area contributed by atoms with Crippen LogP contribution in [0.4, 0.5) is 0 Å². The number of benzene rings is 1. The highest BCUT2D eigenvalue weighted by Crippen LogP contribution is 2.38. The van der Waals surface area contributed by atoms with Crippen LogP contribution in [0.5, 0.6) is 0 Å². The van der Waals surface area contributed by atoms with Crippen LogP contribution in [0.25, 0.3) is 0 Å². The van der Waals surface area contributed by atoms with Gasteiger partial charge in [0.2, 0.25) is 0 Å². The Labute approximate surface area is 201 Å². The summed E-state index contributed by atoms with van der Waals surface area (Å²) >= 11 is 0. The Morgan fingerprint density at radius 1 is 1.03 bits per heavy atom. The second kappa shape index (κ2) is 10.6. The number of nitrogens with zero attached hydrogens (tertiary/aromatic N) is 1. The molecule has 0 spiro atoms. The maximum absolute atomic E-state index is 12.8. The molecule has 4 rings (SSSR count). The SMILES string of the molecule is COC(=O)C1=C(C(=O)OC)N(C2C3OC(c4ccccc4)OCC3OC(OC)C2OC(C)=O)NN1. The van der Waals surface area contributed by atoms with E-state index in [1.165, 1.54) is 33.3 Å². The Balaban J connectivity index is 1.77. The van der Waals surface area contributed by atoms with Gasteiger partial charge in [-0.15, -0.1) is 5.53 Å². The number of ether oxygens (including phenoxy) is 7. The fourth-order valence-electron chi connectivity index (χ4n) is 4.27. The standard InChI is InChI=1S/C22H27N3O10/c1-11(26)33-18-16(25-15(20(28)30-3)14(23-24-25)19(27)29-2)17-13(34-22(18)31-4)10-32-21(35-17)12-8-6-5-7-9-12/h5-9,13,16-18,21-24H,10H2,1-4H3. The lowest BCUT2D eigenvalue weighted by Crippen LogP contribution is -2.69. The average Bonchev–Trinajstić information content (AvgIpc) is 3.31. The molecule has 13 nitrogen and oxygen atoms in total. The molecular formula is C22H27N3O10. The molecule has 0 amide bonds. The summed E-state index contributed by atoms with van der Waals surface area (Å²) in [6, 6.07) is 8.31. The van der Waals surface area contributed by atoms with E-state index in [0.29, 0.717) is 0 Å². The number of hydrogen-bond acceptors (Lipinski definition) is 13. The molecular weight excluding hydrogens is 466 g/mol. The van der Waals surface area contributed by atoms with Crippen molar-refractivity contribution < 1.29 is 47.5 Å². The number of carbonyl (C=O) groups excluding carboxylic acids is 3. The predicted octanol–water partition coefficient (Wildman–Crippen LogP) is -0.345. The number of methoxy groups -OCH3 is 3. The third kappa shape index (κ3) is 4.81. The highest BCUT2D eigenvalue weighted by atomic mass is 16.8. The summed E-state index contributed by atoms with van der Waals surface area (Å²) < 4.78 is 38.9. The van der Waals surface area contributed by atoms with Gasteiger partial charge in [0.15, 0.2) is 30.1 Å². The molecule has 2 fully saturated rings. The molecule has 190 valence electrons. The van der Waals surface area contributed by atoms with Crippen LogP contribution >= 0.6 is 0 Å². The van der Waals surface area contributed by atoms with Crippen molar-refractivity contribution in [3.8, 4) is 0 Å². The highest BCUT2D eigenvalue weighted by Gasteiger charge is 2.56. The Morgan fingerprint density at radius 3 is 2.37 bits per heavy atom. The topological polar surface area (TPSA) is 143 Å². The van der Waals surface area contributed by atoms with E-state index in [9.17, 15) is 14.4 Å². The van der Waals surface area contributed by atoms with Gasteiger partial charge < -0.3 is 33.2 Å². The molecule has 6 atom stereocenters. The van der Waals surface area contributed by atoms with Gasteiger partial charge in [-0.25, -0.2) is 9.59 Å². The minimum Gasteiger partial charge on any atom is -0.464 e. The summed E-state index contributed by atoms with van der Waals surface area (Å²) in [5.74, 6) is -2.26. The van der Waals surface area contributed by atoms with Crippen LogP contribution in [0.1, 0.15) is 18.8 Å². The molecule has 3 heterocycles. The summed E-state index contributed by atoms with van der Waals surface area (Å²) in [5, 5.41) is 1.31. The number of hydrazine groups is 2. The van der Waals surface area contributed by atoms with Crippen molar-refractivity contribution in [2.45, 2.75) is 43.9 Å². The van der Waals surface area contributed by atoms with Gasteiger partial charge in [-0.05, 0) is 0 Å². The number of nitrogens with one attached hydrogen (secondary N) is 2. The van der Waals surface area contributed by atoms with E-state index in [2.05, 4.69) is 11.0 Å². The number of esters is 3. The molecule has 1 aromatic carbocycles. The van der Waals surface area contributed by atoms with Crippen LogP contribution < -0.4 is 11.0 Å². The van der Waals surface area contributed by atoms with Crippen LogP contribution in [0.3, 0.4) is 0 Å². The van der Waals surface area contributed by atoms with E-state index in [4.69, 9.17) is 33.2 Å². The van der Waals surface area contributed by atoms with E-state index in [-0.39, 0.29) is 18.0 Å². The second-order valence-electron chi connectivity index (χ2n) is 7.83. The first-order valence-corrected chi connectivity index (χ1v) is 10.8. The number of hydrogen-bond donors (Lipinski definition) is 2. The number of carbonyl (C=O) groups is 3. The zero-order valence-electron chi connectivity index (χ0n) is 19.6. The maximum atomic E-state index is 12.8. The predicted molar refractivity (Wildman–Crippen MR) is 114 cm³/mol. The van der Waals surface area contributed by atoms with Crippen LogP contribution in [0.15, 0.2) is 41.7 Å². The number of fused-ring (bicyclic) bond motifs is 1. The highest BCUT2D eigenvalue weighted by molar-refractivity contribution is 6.00. The largest absolute Gasteiger partial charge is 0.464 e. The Hall–Kier alpha value is -3.23. The van der Waals surface area contributed by atoms with Crippen LogP contribution in [0, 0.1) is 0 Å². The van der Waals surface area contributed by atoms with Crippen molar-refractivity contribution in [3.63, 3.8) is 0 Å². The molecule has 2 N–H and O–H groups in total. The van der Waals surface area contributed by atoms with Gasteiger partial charge in [0.25, 0.3) is 0 Å². The summed E-state index contributed by atoms with van der Waals surface area (Å²) in [5.41, 5.74) is 5.79. The third-order valence-corrected chi connectivity index (χ3v) is 5.76. The fourth-order valence-corrected chi connectivity index (χ4v) is 4.27. The minimum atomic E-state index is -1.08. The molecule has 13 heteroatoms. The molecule has 0 bridgehead atoms. The van der Waals surface area contributed by atoms with E-state index in [0.717, 1.165) is 5.56 Å². The molecule has 0 radical (unpaired) electrons. The van der Waals surface area contributed by atoms with Gasteiger partial charge in [0, 0.05) is 19.6 Å². The lowest BCUT2D eigenvalue weighted by molar-refractivity contribution is -0.351. The van der Waals surface area contributed by atoms with Crippen molar-refractivity contribution in [2.24, 2.45) is 0 Å². The van der Waals surface area contributed by atoms with Crippen molar-refractivity contribution in [1.29, 1.82) is 0 Å². The normalized spacial score (nSPS) is 30.2. The van der Waals surface area contributed by atoms with Gasteiger partial charge in [-0.1, -0.05) is 30.3 Å². The first-order valence-electron chi connectivity index (χ1n) is 10.8. The zero-order chi connectivity index (χ0) is 25.1. The Bertz CT molecular complexity index is 987. The van der Waals surface area contributed by atoms with E-state index in [1.807, 2.05) is 30.3 Å². The van der Waals surface area contributed by atoms with Gasteiger partial charge in [-0.2, -0.15) is 0 Å². The fraction of sp³-hybridized carbons (Fsp3) is 0.500. The smallest absolute Gasteiger partial charge is 0.358 e. The summed E-state index contributed by atoms with van der Waals surface area (Å²) in [7, 11) is 3.74. The van der Waals surface area contributed by atoms with Crippen molar-refractivity contribution in [1.82, 2.24) is 16.0 Å². The molecule has 1 aromatic rings. The summed E-state index contributed by atoms with van der Waals surface area (Å²) in [6.07, 6.45) is -4.36. The van der Waals surface area contributed by atoms with Crippen molar-refractivity contribution >= 4 is 17.9 Å². The Morgan fingerprint density at radius 2 is 1.74 bits per heavy atom. The molecule has 3 aliphatic rings. The summed E-state index contributed by atoms with van der Waals surface area (Å²) in [6.45, 7) is 1.36. The molecule has 0 saturated carbocycles. The molecule has 0 aliphatic carbocycles. The number of rotatable bonds is 6. The lowest BCUT2D eigenvalue weighted by atomic mass is 9.93. The second-order valence-corrected chi connectivity index (χ2v) is 7.83. The van der Waals surface area contributed by atoms with Crippen LogP contribution in [-0.2, 0) is 47.5 Å². The monoisotopic (exact) mass is 493 g/mol. The molecule has 35 heavy (non-hydrogen) atoms. The molecule has 0 aromatic heterocycles. The van der Waals surface area contributed by atoms with Gasteiger partial charge in [-0.3, -0.25) is 15.2 Å². The molecule has 3 aliphatic heterocycles. The van der Waals surface area contributed by atoms with E-state index in [1.54, 1.807) is 0 Å². The first-order chi connectivity index (χ1) is 16.9. The third-order valence-electron chi connectivity index (χ3n) is 5.76. The lowest BCUT2D eigenvalue weighted by Gasteiger charge is -2.51. The molecule has 6 unspecified atom stereocenters. The Kier molecular flexibility index (Phi) is 7.52. The average molecular weight is 493 g/mol. The van der Waals surface area contributed by atoms with Gasteiger partial charge in [0.05, 0.1) is 20.8 Å². The summed E-state index contributed by atoms with van der Waals surface area (Å²) in [4.78, 5) is 37.2. The first kappa shape index (κ1) is 24.9. The quantitative estimate of drug-likeness (QED) is 0.394. The van der Waals surface area contributed by atoms with Crippen LogP contribution in [0.2, 0.25) is 0 Å². The van der Waals surface area contributed by atoms with Crippen molar-refractivity contribution in [3.05, 3.63) is 47.3 Å². The van der Waals surface area contributed by atoms with Gasteiger partial charge in [0.1, 0.15) is 18.2 Å². The maximum Gasteiger partial charge on any atom is 0.358 e. The zero-order valence-corrected chi connectivity index (χ0v) is 19.6. The van der Waals surface area contributed by atoms with Crippen LogP contribution in [-0.4, -0.2) is 81.5 Å². The minimum absolute atomic E-state index is 0.121.